The van der Waals surface area contributed by atoms with E-state index in [0.29, 0.717) is 22.2 Å². The zero-order chi connectivity index (χ0) is 19.7. The maximum absolute atomic E-state index is 14.3. The predicted octanol–water partition coefficient (Wildman–Crippen LogP) is 1.57. The molecule has 0 radical (unpaired) electrons. The molecule has 1 fully saturated rings. The number of rotatable bonds is 3. The van der Waals surface area contributed by atoms with Gasteiger partial charge >= 0.3 is 0 Å². The molecule has 0 spiro atoms. The van der Waals surface area contributed by atoms with E-state index in [1.165, 1.54) is 23.2 Å². The Morgan fingerprint density at radius 1 is 1.21 bits per heavy atom. The highest BCUT2D eigenvalue weighted by atomic mass is 19.1. The van der Waals surface area contributed by atoms with Crippen molar-refractivity contribution < 1.29 is 4.39 Å². The fourth-order valence-electron chi connectivity index (χ4n) is 3.42. The number of aliphatic imine (C=N–C) groups is 1. The number of nitrogens with zero attached hydrogens (tertiary/aromatic N) is 4. The Hall–Kier alpha value is -3.26. The molecule has 0 saturated carbocycles. The highest BCUT2D eigenvalue weighted by Gasteiger charge is 2.14. The number of nitrogens with two attached hydrogens (primary N) is 1. The lowest BCUT2D eigenvalue weighted by Gasteiger charge is -2.29. The Labute approximate surface area is 161 Å². The topological polar surface area (TPSA) is 88.5 Å². The van der Waals surface area contributed by atoms with Crippen LogP contribution < -0.4 is 21.5 Å². The van der Waals surface area contributed by atoms with Crippen molar-refractivity contribution in [2.24, 2.45) is 4.99 Å². The molecule has 28 heavy (non-hydrogen) atoms. The quantitative estimate of drug-likeness (QED) is 0.532. The molecule has 0 aliphatic carbocycles. The summed E-state index contributed by atoms with van der Waals surface area (Å²) in [5.74, 6) is -0.603. The minimum atomic E-state index is -0.603. The summed E-state index contributed by atoms with van der Waals surface area (Å²) < 4.78 is 15.6. The Balaban J connectivity index is 1.84. The maximum atomic E-state index is 14.3. The molecule has 0 bridgehead atoms. The van der Waals surface area contributed by atoms with Crippen molar-refractivity contribution in [2.75, 3.05) is 43.9 Å². The maximum Gasteiger partial charge on any atom is 0.265 e. The van der Waals surface area contributed by atoms with Crippen LogP contribution in [0.2, 0.25) is 0 Å². The van der Waals surface area contributed by atoms with Gasteiger partial charge in [-0.05, 0) is 24.3 Å². The summed E-state index contributed by atoms with van der Waals surface area (Å²) in [5, 5.41) is 3.80. The van der Waals surface area contributed by atoms with Crippen molar-refractivity contribution in [1.82, 2.24) is 14.9 Å². The number of aromatic nitrogens is 2. The highest BCUT2D eigenvalue weighted by molar-refractivity contribution is 5.88. The van der Waals surface area contributed by atoms with Gasteiger partial charge in [0.2, 0.25) is 0 Å². The van der Waals surface area contributed by atoms with Gasteiger partial charge in [-0.1, -0.05) is 0 Å². The third kappa shape index (κ3) is 3.22. The smallest absolute Gasteiger partial charge is 0.265 e. The first-order valence-corrected chi connectivity index (χ1v) is 9.07. The zero-order valence-electron chi connectivity index (χ0n) is 15.5. The molecule has 3 N–H and O–H groups in total. The van der Waals surface area contributed by atoms with Crippen LogP contribution in [0, 0.1) is 5.82 Å². The molecule has 0 amide bonds. The summed E-state index contributed by atoms with van der Waals surface area (Å²) in [4.78, 5) is 23.6. The van der Waals surface area contributed by atoms with Crippen molar-refractivity contribution in [3.05, 3.63) is 58.4 Å². The fourth-order valence-corrected chi connectivity index (χ4v) is 3.42. The van der Waals surface area contributed by atoms with Crippen molar-refractivity contribution in [1.29, 1.82) is 0 Å². The third-order valence-corrected chi connectivity index (χ3v) is 4.92. The molecule has 7 nitrogen and oxygen atoms in total. The molecule has 0 atom stereocenters. The van der Waals surface area contributed by atoms with Crippen molar-refractivity contribution >= 4 is 28.5 Å². The monoisotopic (exact) mass is 380 g/mol. The number of halogens is 1. The molecular formula is C20H21FN6O. The van der Waals surface area contributed by atoms with Crippen LogP contribution in [0.5, 0.6) is 0 Å². The largest absolute Gasteiger partial charge is 0.396 e. The van der Waals surface area contributed by atoms with Crippen LogP contribution in [0.15, 0.2) is 46.4 Å². The van der Waals surface area contributed by atoms with Crippen LogP contribution in [-0.2, 0) is 0 Å². The van der Waals surface area contributed by atoms with E-state index in [0.717, 1.165) is 31.9 Å². The van der Waals surface area contributed by atoms with Crippen LogP contribution >= 0.6 is 0 Å². The number of nitrogens with one attached hydrogen (secondary N) is 1. The Kier molecular flexibility index (Phi) is 4.79. The van der Waals surface area contributed by atoms with Crippen molar-refractivity contribution in [2.45, 2.75) is 0 Å². The summed E-state index contributed by atoms with van der Waals surface area (Å²) in [6, 6.07) is 8.53. The first-order valence-electron chi connectivity index (χ1n) is 9.07. The molecular weight excluding hydrogens is 359 g/mol. The van der Waals surface area contributed by atoms with Gasteiger partial charge < -0.3 is 16.0 Å². The zero-order valence-corrected chi connectivity index (χ0v) is 15.5. The molecule has 8 heteroatoms. The number of anilines is 2. The average molecular weight is 380 g/mol. The van der Waals surface area contributed by atoms with Gasteiger partial charge in [-0.3, -0.25) is 14.4 Å². The van der Waals surface area contributed by atoms with E-state index >= 15 is 0 Å². The molecule has 3 aromatic rings. The lowest BCUT2D eigenvalue weighted by atomic mass is 10.1. The van der Waals surface area contributed by atoms with Gasteiger partial charge in [0, 0.05) is 56.8 Å². The Morgan fingerprint density at radius 2 is 2.00 bits per heavy atom. The summed E-state index contributed by atoms with van der Waals surface area (Å²) in [5.41, 5.74) is 7.86. The minimum absolute atomic E-state index is 0.00265. The van der Waals surface area contributed by atoms with Crippen molar-refractivity contribution in [3.63, 3.8) is 0 Å². The van der Waals surface area contributed by atoms with Crippen LogP contribution in [0.3, 0.4) is 0 Å². The van der Waals surface area contributed by atoms with Crippen LogP contribution in [0.4, 0.5) is 15.8 Å². The van der Waals surface area contributed by atoms with Gasteiger partial charge in [0.15, 0.2) is 0 Å². The summed E-state index contributed by atoms with van der Waals surface area (Å²) in [6.07, 6.45) is 2.87. The number of hydrogen-bond donors (Lipinski definition) is 2. The molecule has 4 rings (SSSR count). The molecule has 0 unspecified atom stereocenters. The average Bonchev–Trinajstić information content (AvgIpc) is 2.72. The first-order chi connectivity index (χ1) is 13.6. The van der Waals surface area contributed by atoms with E-state index in [2.05, 4.69) is 20.2 Å². The second-order valence-corrected chi connectivity index (χ2v) is 6.68. The lowest BCUT2D eigenvalue weighted by Crippen LogP contribution is -2.43. The predicted molar refractivity (Wildman–Crippen MR) is 110 cm³/mol. The van der Waals surface area contributed by atoms with E-state index in [1.807, 2.05) is 18.2 Å². The van der Waals surface area contributed by atoms with Gasteiger partial charge in [-0.15, -0.1) is 0 Å². The van der Waals surface area contributed by atoms with E-state index in [4.69, 9.17) is 5.73 Å². The van der Waals surface area contributed by atoms with Gasteiger partial charge in [-0.25, -0.2) is 9.37 Å². The number of hydrogen-bond acceptors (Lipinski definition) is 6. The van der Waals surface area contributed by atoms with E-state index in [-0.39, 0.29) is 11.2 Å². The molecule has 1 aliphatic heterocycles. The second-order valence-electron chi connectivity index (χ2n) is 6.68. The highest BCUT2D eigenvalue weighted by Crippen LogP contribution is 2.22. The number of benzene rings is 2. The fraction of sp³-hybridized carbons (Fsp3) is 0.250. The Morgan fingerprint density at radius 3 is 2.75 bits per heavy atom. The molecule has 2 heterocycles. The SMILES string of the molecule is CN=Cc1cc(-n2cnc3ccc(N4CCNCC4)cc3c2=O)cc(F)c1N. The second kappa shape index (κ2) is 7.40. The van der Waals surface area contributed by atoms with E-state index in [1.54, 1.807) is 13.1 Å². The summed E-state index contributed by atoms with van der Waals surface area (Å²) in [6.45, 7) is 3.56. The Bertz CT molecular complexity index is 1120. The number of fused-ring (bicyclic) bond motifs is 1. The molecule has 1 aromatic heterocycles. The minimum Gasteiger partial charge on any atom is -0.396 e. The van der Waals surface area contributed by atoms with Crippen LogP contribution in [0.1, 0.15) is 5.56 Å². The van der Waals surface area contributed by atoms with E-state index in [9.17, 15) is 9.18 Å². The standard InChI is InChI=1S/C20H21FN6O/c1-23-11-13-8-15(10-17(21)19(13)22)27-12-25-18-3-2-14(9-16(18)20(27)28)26-6-4-24-5-7-26/h2-3,8-12,24H,4-7,22H2,1H3. The number of nitrogen functional groups attached to an aromatic ring is 1. The van der Waals surface area contributed by atoms with Crippen LogP contribution in [-0.4, -0.2) is 49.0 Å². The molecule has 1 saturated heterocycles. The summed E-state index contributed by atoms with van der Waals surface area (Å²) in [7, 11) is 1.57. The van der Waals surface area contributed by atoms with Crippen molar-refractivity contribution in [3.8, 4) is 5.69 Å². The third-order valence-electron chi connectivity index (χ3n) is 4.92. The lowest BCUT2D eigenvalue weighted by molar-refractivity contribution is 0.589. The number of piperazine rings is 1. The van der Waals surface area contributed by atoms with Gasteiger partial charge in [0.1, 0.15) is 12.1 Å². The molecule has 2 aromatic carbocycles. The van der Waals surface area contributed by atoms with Gasteiger partial charge in [0.05, 0.1) is 22.3 Å². The van der Waals surface area contributed by atoms with E-state index < -0.39 is 5.82 Å². The normalized spacial score (nSPS) is 14.9. The van der Waals surface area contributed by atoms with Crippen LogP contribution in [0.25, 0.3) is 16.6 Å². The first kappa shape index (κ1) is 18.1. The molecule has 1 aliphatic rings. The molecule has 144 valence electrons. The van der Waals surface area contributed by atoms with Gasteiger partial charge in [0.25, 0.3) is 5.56 Å². The van der Waals surface area contributed by atoms with Gasteiger partial charge in [-0.2, -0.15) is 0 Å². The summed E-state index contributed by atoms with van der Waals surface area (Å²) >= 11 is 0.